The van der Waals surface area contributed by atoms with Crippen LogP contribution in [0.3, 0.4) is 0 Å². The van der Waals surface area contributed by atoms with Crippen molar-refractivity contribution in [2.45, 2.75) is 249 Å². The van der Waals surface area contributed by atoms with Gasteiger partial charge in [0, 0.05) is 0 Å². The quantitative estimate of drug-likeness (QED) is 0.151. The first-order chi connectivity index (χ1) is 29.7. The summed E-state index contributed by atoms with van der Waals surface area (Å²) in [7, 11) is 0. The minimum atomic E-state index is -1.74. The van der Waals surface area contributed by atoms with Crippen LogP contribution in [0.4, 0.5) is 0 Å². The van der Waals surface area contributed by atoms with Gasteiger partial charge in [0.25, 0.3) is 0 Å². The summed E-state index contributed by atoms with van der Waals surface area (Å²) >= 11 is 0. The molecule has 0 spiro atoms. The van der Waals surface area contributed by atoms with Crippen molar-refractivity contribution in [3.63, 3.8) is 0 Å². The Balaban J connectivity index is 1.05. The van der Waals surface area contributed by atoms with Crippen LogP contribution < -0.4 is 0 Å². The van der Waals surface area contributed by atoms with Gasteiger partial charge in [-0.25, -0.2) is 0 Å². The van der Waals surface area contributed by atoms with E-state index in [-0.39, 0.29) is 33.9 Å². The van der Waals surface area contributed by atoms with E-state index in [2.05, 4.69) is 41.5 Å². The topological polar surface area (TPSA) is 247 Å². The van der Waals surface area contributed by atoms with E-state index >= 15 is 0 Å². The average molecular weight is 915 g/mol. The van der Waals surface area contributed by atoms with Crippen molar-refractivity contribution in [1.82, 2.24) is 0 Å². The van der Waals surface area contributed by atoms with Crippen LogP contribution in [0.1, 0.15) is 133 Å². The second kappa shape index (κ2) is 17.3. The molecule has 0 unspecified atom stereocenters. The number of hydrogen-bond donors (Lipinski definition) is 9. The SMILES string of the molecule is C[C@@H]1O[C@@H](O[C@H]2[C@H](O[C@H]3CC[C@]4(C)[C@H]5CC[C@@H]6[C@@H]([C@]7(C)CC[C@H](C(C)(C)O)O7)CC[C@@]6(C)[C@]5(C)CC[C@H]4C3(C)C)O[C@H](CO)[C@@H](O)[C@@H]2O[C@@H]2O[C@@H](C)[C@H](O)[C@@H](O)[C@H]2O)[C@H](O)[C@H](O)[C@H]1O. The van der Waals surface area contributed by atoms with Gasteiger partial charge in [0.2, 0.25) is 0 Å². The lowest BCUT2D eigenvalue weighted by atomic mass is 9.35. The summed E-state index contributed by atoms with van der Waals surface area (Å²) in [4.78, 5) is 0. The molecule has 25 atom stereocenters. The van der Waals surface area contributed by atoms with E-state index in [0.717, 1.165) is 57.8 Å². The Kier molecular flexibility index (Phi) is 13.5. The molecule has 4 saturated heterocycles. The smallest absolute Gasteiger partial charge is 0.187 e. The molecule has 16 nitrogen and oxygen atoms in total. The maximum atomic E-state index is 11.7. The van der Waals surface area contributed by atoms with Gasteiger partial charge in [0.15, 0.2) is 18.9 Å². The third-order valence-corrected chi connectivity index (χ3v) is 19.5. The Morgan fingerprint density at radius 3 is 1.69 bits per heavy atom. The van der Waals surface area contributed by atoms with E-state index in [1.54, 1.807) is 0 Å². The molecule has 0 aromatic carbocycles. The van der Waals surface area contributed by atoms with Crippen LogP contribution in [0.25, 0.3) is 0 Å². The zero-order valence-electron chi connectivity index (χ0n) is 39.8. The Morgan fingerprint density at radius 2 is 1.12 bits per heavy atom. The monoisotopic (exact) mass is 915 g/mol. The zero-order chi connectivity index (χ0) is 46.9. The predicted molar refractivity (Wildman–Crippen MR) is 229 cm³/mol. The molecule has 9 N–H and O–H groups in total. The summed E-state index contributed by atoms with van der Waals surface area (Å²) < 4.78 is 44.4. The van der Waals surface area contributed by atoms with Gasteiger partial charge in [-0.3, -0.25) is 0 Å². The van der Waals surface area contributed by atoms with Crippen LogP contribution in [0.5, 0.6) is 0 Å². The Morgan fingerprint density at radius 1 is 0.547 bits per heavy atom. The molecule has 0 amide bonds. The molecule has 370 valence electrons. The molecule has 0 aromatic heterocycles. The highest BCUT2D eigenvalue weighted by atomic mass is 16.8. The summed E-state index contributed by atoms with van der Waals surface area (Å²) in [6.07, 6.45) is -12.4. The summed E-state index contributed by atoms with van der Waals surface area (Å²) in [6.45, 7) is 20.5. The van der Waals surface area contributed by atoms with Crippen LogP contribution >= 0.6 is 0 Å². The molecule has 4 saturated carbocycles. The molecular formula is C48H82O16. The van der Waals surface area contributed by atoms with E-state index in [4.69, 9.17) is 33.2 Å². The van der Waals surface area contributed by atoms with Crippen LogP contribution in [-0.4, -0.2) is 168 Å². The molecule has 4 aliphatic heterocycles. The second-order valence-electron chi connectivity index (χ2n) is 23.7. The summed E-state index contributed by atoms with van der Waals surface area (Å²) in [6, 6.07) is 0. The molecule has 4 aliphatic carbocycles. The lowest BCUT2D eigenvalue weighted by molar-refractivity contribution is -0.397. The fraction of sp³-hybridized carbons (Fsp3) is 1.00. The van der Waals surface area contributed by atoms with Gasteiger partial charge in [0.05, 0.1) is 42.2 Å². The van der Waals surface area contributed by atoms with Gasteiger partial charge in [-0.1, -0.05) is 34.6 Å². The van der Waals surface area contributed by atoms with E-state index in [1.165, 1.54) is 13.8 Å². The predicted octanol–water partition coefficient (Wildman–Crippen LogP) is 2.27. The van der Waals surface area contributed by atoms with E-state index < -0.39 is 116 Å². The maximum Gasteiger partial charge on any atom is 0.187 e. The Bertz CT molecular complexity index is 1650. The largest absolute Gasteiger partial charge is 0.394 e. The van der Waals surface area contributed by atoms with Crippen molar-refractivity contribution in [3.8, 4) is 0 Å². The summed E-state index contributed by atoms with van der Waals surface area (Å²) in [5, 5.41) is 97.5. The van der Waals surface area contributed by atoms with Crippen LogP contribution in [0, 0.1) is 45.3 Å². The molecule has 8 rings (SSSR count). The van der Waals surface area contributed by atoms with Crippen molar-refractivity contribution in [2.24, 2.45) is 45.3 Å². The van der Waals surface area contributed by atoms with Crippen molar-refractivity contribution in [2.75, 3.05) is 6.61 Å². The van der Waals surface area contributed by atoms with Gasteiger partial charge < -0.3 is 79.1 Å². The molecule has 16 heteroatoms. The molecule has 0 bridgehead atoms. The number of fused-ring (bicyclic) bond motifs is 5. The van der Waals surface area contributed by atoms with E-state index in [1.807, 2.05) is 13.8 Å². The lowest BCUT2D eigenvalue weighted by Gasteiger charge is -2.70. The van der Waals surface area contributed by atoms with E-state index in [0.29, 0.717) is 24.2 Å². The third-order valence-electron chi connectivity index (χ3n) is 19.5. The number of ether oxygens (including phenoxy) is 7. The summed E-state index contributed by atoms with van der Waals surface area (Å²) in [5.41, 5.74) is -1.31. The standard InChI is InChI=1S/C48H82O16/c1-22-31(50)34(53)36(55)40(58-22)62-38-33(52)26(21-49)60-42(39(38)63-41-37(56)35(54)32(51)23(2)59-41)61-29-15-17-45(7)27(43(29,3)4)14-19-47(9)28(45)12-11-24-25(13-18-46(24,47)8)48(10)20-16-30(64-48)44(5,6)57/h22-42,49-57H,11-21H2,1-10H3/t22-,23-,24+,25-,26+,27-,28+,29-,30+,31-,32-,33+,34+,35+,36+,37+,38-,39+,40-,41-,42-,45-,46+,47+,48-/m0/s1. The molecule has 64 heavy (non-hydrogen) atoms. The maximum absolute atomic E-state index is 11.7. The fourth-order valence-electron chi connectivity index (χ4n) is 15.5. The highest BCUT2D eigenvalue weighted by Gasteiger charge is 2.70. The molecule has 8 aliphatic rings. The van der Waals surface area contributed by atoms with Crippen molar-refractivity contribution in [3.05, 3.63) is 0 Å². The molecule has 0 radical (unpaired) electrons. The third kappa shape index (κ3) is 7.89. The second-order valence-corrected chi connectivity index (χ2v) is 23.7. The molecule has 8 fully saturated rings. The first kappa shape index (κ1) is 49.8. The number of rotatable bonds is 9. The number of aliphatic hydroxyl groups excluding tert-OH is 8. The van der Waals surface area contributed by atoms with Crippen LogP contribution in [0.15, 0.2) is 0 Å². The zero-order valence-corrected chi connectivity index (χ0v) is 39.8. The number of aliphatic hydroxyl groups is 9. The van der Waals surface area contributed by atoms with Gasteiger partial charge >= 0.3 is 0 Å². The minimum absolute atomic E-state index is 0.00922. The van der Waals surface area contributed by atoms with Gasteiger partial charge in [-0.15, -0.1) is 0 Å². The average Bonchev–Trinajstić information content (AvgIpc) is 3.82. The van der Waals surface area contributed by atoms with Crippen molar-refractivity contribution >= 4 is 0 Å². The van der Waals surface area contributed by atoms with Crippen LogP contribution in [0.2, 0.25) is 0 Å². The summed E-state index contributed by atoms with van der Waals surface area (Å²) in [5.74, 6) is 1.71. The van der Waals surface area contributed by atoms with Gasteiger partial charge in [-0.05, 0) is 144 Å². The van der Waals surface area contributed by atoms with Gasteiger partial charge in [0.1, 0.15) is 61.0 Å². The molecule has 0 aromatic rings. The van der Waals surface area contributed by atoms with Crippen molar-refractivity contribution in [1.29, 1.82) is 0 Å². The highest BCUT2D eigenvalue weighted by molar-refractivity contribution is 5.19. The first-order valence-corrected chi connectivity index (χ1v) is 24.4. The first-order valence-electron chi connectivity index (χ1n) is 24.4. The molecular weight excluding hydrogens is 833 g/mol. The van der Waals surface area contributed by atoms with Gasteiger partial charge in [-0.2, -0.15) is 0 Å². The van der Waals surface area contributed by atoms with E-state index in [9.17, 15) is 46.0 Å². The highest BCUT2D eigenvalue weighted by Crippen LogP contribution is 2.76. The lowest BCUT2D eigenvalue weighted by Crippen LogP contribution is -2.68. The normalized spacial score (nSPS) is 56.6. The Hall–Kier alpha value is -0.640. The van der Waals surface area contributed by atoms with Crippen LogP contribution in [-0.2, 0) is 33.2 Å². The minimum Gasteiger partial charge on any atom is -0.394 e. The Labute approximate surface area is 379 Å². The fourth-order valence-corrected chi connectivity index (χ4v) is 15.5. The molecule has 4 heterocycles. The van der Waals surface area contributed by atoms with Crippen molar-refractivity contribution < 1.29 is 79.1 Å². The number of hydrogen-bond acceptors (Lipinski definition) is 16.